The number of nitrogens with zero attached hydrogens (tertiary/aromatic N) is 3. The zero-order valence-corrected chi connectivity index (χ0v) is 16.9. The van der Waals surface area contributed by atoms with Gasteiger partial charge in [0.2, 0.25) is 0 Å². The minimum absolute atomic E-state index is 0.0563. The van der Waals surface area contributed by atoms with Crippen molar-refractivity contribution in [3.8, 4) is 11.3 Å². The van der Waals surface area contributed by atoms with Crippen LogP contribution >= 0.6 is 0 Å². The van der Waals surface area contributed by atoms with Gasteiger partial charge in [-0.2, -0.15) is 18.3 Å². The van der Waals surface area contributed by atoms with Crippen molar-refractivity contribution < 1.29 is 31.9 Å². The number of ether oxygens (including phenoxy) is 1. The van der Waals surface area contributed by atoms with Gasteiger partial charge in [-0.3, -0.25) is 4.79 Å². The van der Waals surface area contributed by atoms with Gasteiger partial charge in [0.05, 0.1) is 30.3 Å². The number of carbonyl (C=O) groups is 2. The van der Waals surface area contributed by atoms with Crippen LogP contribution in [0.25, 0.3) is 16.9 Å². The molecule has 4 rings (SSSR count). The van der Waals surface area contributed by atoms with Crippen LogP contribution < -0.4 is 5.32 Å². The lowest BCUT2D eigenvalue weighted by molar-refractivity contribution is -0.142. The molecule has 0 unspecified atom stereocenters. The maximum Gasteiger partial charge on any atom is 0.433 e. The Hall–Kier alpha value is -4.28. The van der Waals surface area contributed by atoms with Gasteiger partial charge in [0.25, 0.3) is 5.91 Å². The van der Waals surface area contributed by atoms with Crippen molar-refractivity contribution in [1.82, 2.24) is 14.6 Å². The molecule has 0 radical (unpaired) electrons. The largest absolute Gasteiger partial charge is 0.465 e. The topological polar surface area (TPSA) is 85.6 Å². The number of nitrogens with one attached hydrogen (secondary N) is 1. The SMILES string of the molecule is COC(=O)c1ccccc1NC(=O)c1cnn2c(C(F)(F)F)cc(-c3ccc(F)cc3)nc12. The van der Waals surface area contributed by atoms with E-state index in [2.05, 4.69) is 20.1 Å². The maximum absolute atomic E-state index is 13.7. The lowest BCUT2D eigenvalue weighted by Crippen LogP contribution is -2.17. The van der Waals surface area contributed by atoms with Crippen molar-refractivity contribution in [2.75, 3.05) is 12.4 Å². The Labute approximate surface area is 183 Å². The third kappa shape index (κ3) is 4.25. The van der Waals surface area contributed by atoms with Crippen molar-refractivity contribution in [1.29, 1.82) is 0 Å². The summed E-state index contributed by atoms with van der Waals surface area (Å²) in [5.41, 5.74) is -1.55. The first kappa shape index (κ1) is 21.9. The number of aromatic nitrogens is 3. The number of halogens is 4. The van der Waals surface area contributed by atoms with Crippen LogP contribution in [0.15, 0.2) is 60.8 Å². The van der Waals surface area contributed by atoms with E-state index in [4.69, 9.17) is 0 Å². The number of fused-ring (bicyclic) bond motifs is 1. The molecule has 7 nitrogen and oxygen atoms in total. The molecule has 168 valence electrons. The van der Waals surface area contributed by atoms with E-state index in [0.29, 0.717) is 4.52 Å². The number of anilines is 1. The number of alkyl halides is 3. The molecule has 33 heavy (non-hydrogen) atoms. The van der Waals surface area contributed by atoms with E-state index < -0.39 is 29.6 Å². The summed E-state index contributed by atoms with van der Waals surface area (Å²) in [5, 5.41) is 6.17. The summed E-state index contributed by atoms with van der Waals surface area (Å²) in [6.45, 7) is 0. The lowest BCUT2D eigenvalue weighted by atomic mass is 10.1. The molecule has 1 N–H and O–H groups in total. The van der Waals surface area contributed by atoms with E-state index in [-0.39, 0.29) is 33.7 Å². The van der Waals surface area contributed by atoms with Gasteiger partial charge < -0.3 is 10.1 Å². The normalized spacial score (nSPS) is 11.4. The first-order valence-electron chi connectivity index (χ1n) is 9.39. The number of esters is 1. The van der Waals surface area contributed by atoms with E-state index in [1.54, 1.807) is 12.1 Å². The standard InChI is InChI=1S/C22H14F4N4O3/c1-33-21(32)14-4-2-3-5-16(14)29-20(31)15-11-27-30-18(22(24,25)26)10-17(28-19(15)30)12-6-8-13(23)9-7-12/h2-11H,1H3,(H,29,31). The second kappa shape index (κ2) is 8.34. The Bertz CT molecular complexity index is 1360. The number of methoxy groups -OCH3 is 1. The van der Waals surface area contributed by atoms with Gasteiger partial charge in [0, 0.05) is 5.56 Å². The molecular weight excluding hydrogens is 444 g/mol. The number of carbonyl (C=O) groups excluding carboxylic acids is 2. The molecule has 2 aromatic carbocycles. The van der Waals surface area contributed by atoms with Crippen molar-refractivity contribution >= 4 is 23.2 Å². The van der Waals surface area contributed by atoms with Crippen LogP contribution in [0.1, 0.15) is 26.4 Å². The van der Waals surface area contributed by atoms with Gasteiger partial charge in [0.15, 0.2) is 11.3 Å². The van der Waals surface area contributed by atoms with Crippen LogP contribution in [0.5, 0.6) is 0 Å². The van der Waals surface area contributed by atoms with Crippen molar-refractivity contribution in [3.63, 3.8) is 0 Å². The summed E-state index contributed by atoms with van der Waals surface area (Å²) in [4.78, 5) is 29.0. The fraction of sp³-hybridized carbons (Fsp3) is 0.0909. The molecule has 0 fully saturated rings. The highest BCUT2D eigenvalue weighted by molar-refractivity contribution is 6.10. The smallest absolute Gasteiger partial charge is 0.433 e. The van der Waals surface area contributed by atoms with Crippen LogP contribution in [0.4, 0.5) is 23.2 Å². The van der Waals surface area contributed by atoms with E-state index in [1.807, 2.05) is 0 Å². The van der Waals surface area contributed by atoms with Crippen molar-refractivity contribution in [2.45, 2.75) is 6.18 Å². The first-order chi connectivity index (χ1) is 15.7. The summed E-state index contributed by atoms with van der Waals surface area (Å²) in [6.07, 6.45) is -3.87. The monoisotopic (exact) mass is 458 g/mol. The highest BCUT2D eigenvalue weighted by Crippen LogP contribution is 2.33. The molecule has 2 heterocycles. The summed E-state index contributed by atoms with van der Waals surface area (Å²) in [7, 11) is 1.17. The molecule has 2 aromatic heterocycles. The number of hydrogen-bond acceptors (Lipinski definition) is 5. The van der Waals surface area contributed by atoms with Gasteiger partial charge in [-0.15, -0.1) is 0 Å². The predicted molar refractivity (Wildman–Crippen MR) is 109 cm³/mol. The number of hydrogen-bond donors (Lipinski definition) is 1. The van der Waals surface area contributed by atoms with Crippen LogP contribution in [0.2, 0.25) is 0 Å². The molecule has 0 aliphatic carbocycles. The molecule has 0 aliphatic rings. The summed E-state index contributed by atoms with van der Waals surface area (Å²) in [5.74, 6) is -2.11. The summed E-state index contributed by atoms with van der Waals surface area (Å²) in [6, 6.07) is 11.5. The van der Waals surface area contributed by atoms with Crippen LogP contribution in [0.3, 0.4) is 0 Å². The highest BCUT2D eigenvalue weighted by atomic mass is 19.4. The number of amides is 1. The molecule has 1 amide bonds. The molecule has 0 spiro atoms. The molecule has 0 saturated heterocycles. The van der Waals surface area contributed by atoms with Crippen LogP contribution in [-0.2, 0) is 10.9 Å². The Morgan fingerprint density at radius 1 is 1.03 bits per heavy atom. The van der Waals surface area contributed by atoms with E-state index >= 15 is 0 Å². The van der Waals surface area contributed by atoms with Gasteiger partial charge >= 0.3 is 12.1 Å². The van der Waals surface area contributed by atoms with Gasteiger partial charge in [-0.25, -0.2) is 18.7 Å². The Morgan fingerprint density at radius 3 is 2.39 bits per heavy atom. The van der Waals surface area contributed by atoms with Crippen LogP contribution in [-0.4, -0.2) is 33.6 Å². The zero-order chi connectivity index (χ0) is 23.8. The second-order valence-corrected chi connectivity index (χ2v) is 6.82. The lowest BCUT2D eigenvalue weighted by Gasteiger charge is -2.12. The number of rotatable bonds is 4. The minimum atomic E-state index is -4.81. The second-order valence-electron chi connectivity index (χ2n) is 6.82. The average Bonchev–Trinajstić information content (AvgIpc) is 3.22. The summed E-state index contributed by atoms with van der Waals surface area (Å²) >= 11 is 0. The zero-order valence-electron chi connectivity index (χ0n) is 16.9. The Morgan fingerprint density at radius 2 is 1.73 bits per heavy atom. The molecular formula is C22H14F4N4O3. The Kier molecular flexibility index (Phi) is 5.54. The number of benzene rings is 2. The van der Waals surface area contributed by atoms with E-state index in [1.165, 1.54) is 31.4 Å². The highest BCUT2D eigenvalue weighted by Gasteiger charge is 2.36. The van der Waals surface area contributed by atoms with Crippen molar-refractivity contribution in [2.24, 2.45) is 0 Å². The molecule has 0 aliphatic heterocycles. The molecule has 11 heteroatoms. The minimum Gasteiger partial charge on any atom is -0.465 e. The first-order valence-corrected chi connectivity index (χ1v) is 9.39. The molecule has 4 aromatic rings. The van der Waals surface area contributed by atoms with E-state index in [0.717, 1.165) is 24.4 Å². The summed E-state index contributed by atoms with van der Waals surface area (Å²) < 4.78 is 59.6. The molecule has 0 bridgehead atoms. The van der Waals surface area contributed by atoms with Crippen LogP contribution in [0, 0.1) is 5.82 Å². The quantitative estimate of drug-likeness (QED) is 0.357. The third-order valence-electron chi connectivity index (χ3n) is 4.73. The fourth-order valence-electron chi connectivity index (χ4n) is 3.16. The number of para-hydroxylation sites is 1. The van der Waals surface area contributed by atoms with Crippen molar-refractivity contribution in [3.05, 3.63) is 83.4 Å². The third-order valence-corrected chi connectivity index (χ3v) is 4.73. The molecule has 0 atom stereocenters. The van der Waals surface area contributed by atoms with Gasteiger partial charge in [0.1, 0.15) is 11.4 Å². The van der Waals surface area contributed by atoms with E-state index in [9.17, 15) is 27.2 Å². The van der Waals surface area contributed by atoms with Gasteiger partial charge in [-0.05, 0) is 42.5 Å². The molecule has 0 saturated carbocycles. The average molecular weight is 458 g/mol. The fourth-order valence-corrected chi connectivity index (χ4v) is 3.16. The Balaban J connectivity index is 1.82. The maximum atomic E-state index is 13.7. The predicted octanol–water partition coefficient (Wildman–Crippen LogP) is 4.59. The van der Waals surface area contributed by atoms with Gasteiger partial charge in [-0.1, -0.05) is 12.1 Å².